The lowest BCUT2D eigenvalue weighted by atomic mass is 9.97. The number of carbonyl (C=O) groups excluding carboxylic acids is 1. The molecule has 1 nitrogen and oxygen atoms in total. The molecule has 3 aromatic rings. The van der Waals surface area contributed by atoms with Crippen LogP contribution in [0.4, 0.5) is 0 Å². The van der Waals surface area contributed by atoms with Gasteiger partial charge in [0.05, 0.1) is 0 Å². The maximum absolute atomic E-state index is 12.6. The van der Waals surface area contributed by atoms with Crippen molar-refractivity contribution in [1.29, 1.82) is 0 Å². The van der Waals surface area contributed by atoms with Gasteiger partial charge in [-0.25, -0.2) is 0 Å². The summed E-state index contributed by atoms with van der Waals surface area (Å²) in [6.45, 7) is 4.23. The molecule has 102 valence electrons. The Bertz CT molecular complexity index is 929. The van der Waals surface area contributed by atoms with E-state index in [-0.39, 0.29) is 5.78 Å². The number of carbonyl (C=O) groups is 1. The summed E-state index contributed by atoms with van der Waals surface area (Å²) in [5.74, 6) is 0.122. The van der Waals surface area contributed by atoms with E-state index in [1.165, 1.54) is 16.7 Å². The van der Waals surface area contributed by atoms with Crippen LogP contribution in [0.15, 0.2) is 67.2 Å². The Morgan fingerprint density at radius 3 is 1.77 bits per heavy atom. The van der Waals surface area contributed by atoms with Gasteiger partial charge in [-0.05, 0) is 51.1 Å². The minimum absolute atomic E-state index is 0.122. The summed E-state index contributed by atoms with van der Waals surface area (Å²) in [6.07, 6.45) is 0. The van der Waals surface area contributed by atoms with E-state index in [1.807, 2.05) is 42.5 Å². The molecule has 0 bridgehead atoms. The van der Waals surface area contributed by atoms with E-state index in [0.717, 1.165) is 33.4 Å². The molecule has 1 heteroatoms. The van der Waals surface area contributed by atoms with Gasteiger partial charge < -0.3 is 0 Å². The summed E-state index contributed by atoms with van der Waals surface area (Å²) in [7, 11) is 0. The van der Waals surface area contributed by atoms with Gasteiger partial charge in [0.15, 0.2) is 5.78 Å². The van der Waals surface area contributed by atoms with E-state index in [1.54, 1.807) is 0 Å². The molecule has 0 unspecified atom stereocenters. The Labute approximate surface area is 128 Å². The Kier molecular flexibility index (Phi) is 2.04. The maximum atomic E-state index is 12.6. The Hall–Kier alpha value is -2.93. The van der Waals surface area contributed by atoms with Gasteiger partial charge in [-0.2, -0.15) is 0 Å². The van der Waals surface area contributed by atoms with Crippen molar-refractivity contribution in [2.24, 2.45) is 0 Å². The van der Waals surface area contributed by atoms with Crippen molar-refractivity contribution >= 4 is 11.4 Å². The second-order valence-corrected chi connectivity index (χ2v) is 5.84. The third kappa shape index (κ3) is 1.26. The highest BCUT2D eigenvalue weighted by Gasteiger charge is 2.31. The summed E-state index contributed by atoms with van der Waals surface area (Å²) in [6, 6.07) is 20.3. The van der Waals surface area contributed by atoms with Gasteiger partial charge in [-0.15, -0.1) is 0 Å². The molecular formula is C21H12O. The standard InChI is InChI=1S/C21H12O/c1-12-13-6-2-3-7-14(13)18-11-19-15-8-4-5-9-16(15)21(22)20(19)10-17(12)18/h2-11H,1H2. The van der Waals surface area contributed by atoms with Crippen LogP contribution < -0.4 is 0 Å². The molecule has 3 aromatic carbocycles. The molecule has 0 amide bonds. The summed E-state index contributed by atoms with van der Waals surface area (Å²) in [4.78, 5) is 12.6. The van der Waals surface area contributed by atoms with Gasteiger partial charge in [0.25, 0.3) is 0 Å². The van der Waals surface area contributed by atoms with Crippen LogP contribution in [0.3, 0.4) is 0 Å². The molecular weight excluding hydrogens is 268 g/mol. The summed E-state index contributed by atoms with van der Waals surface area (Å²) in [5.41, 5.74) is 9.35. The molecule has 0 N–H and O–H groups in total. The van der Waals surface area contributed by atoms with Gasteiger partial charge >= 0.3 is 0 Å². The quantitative estimate of drug-likeness (QED) is 0.392. The van der Waals surface area contributed by atoms with E-state index >= 15 is 0 Å². The van der Waals surface area contributed by atoms with Gasteiger partial charge in [0.1, 0.15) is 0 Å². The predicted molar refractivity (Wildman–Crippen MR) is 88.9 cm³/mol. The van der Waals surface area contributed by atoms with Crippen LogP contribution in [0, 0.1) is 0 Å². The average Bonchev–Trinajstić information content (AvgIpc) is 3.01. The van der Waals surface area contributed by atoms with Crippen molar-refractivity contribution in [1.82, 2.24) is 0 Å². The predicted octanol–water partition coefficient (Wildman–Crippen LogP) is 4.94. The van der Waals surface area contributed by atoms with Crippen molar-refractivity contribution in [3.8, 4) is 22.3 Å². The zero-order valence-corrected chi connectivity index (χ0v) is 11.9. The van der Waals surface area contributed by atoms with E-state index < -0.39 is 0 Å². The van der Waals surface area contributed by atoms with Crippen molar-refractivity contribution in [2.45, 2.75) is 0 Å². The van der Waals surface area contributed by atoms with Gasteiger partial charge in [-0.1, -0.05) is 55.1 Å². The number of rotatable bonds is 0. The molecule has 0 atom stereocenters. The number of benzene rings is 3. The third-order valence-corrected chi connectivity index (χ3v) is 4.73. The van der Waals surface area contributed by atoms with Crippen LogP contribution in [0.1, 0.15) is 27.0 Å². The molecule has 0 spiro atoms. The van der Waals surface area contributed by atoms with E-state index in [2.05, 4.69) is 24.8 Å². The van der Waals surface area contributed by atoms with Crippen LogP contribution >= 0.6 is 0 Å². The summed E-state index contributed by atoms with van der Waals surface area (Å²) in [5, 5.41) is 0. The fraction of sp³-hybridized carbons (Fsp3) is 0. The largest absolute Gasteiger partial charge is 0.289 e. The zero-order chi connectivity index (χ0) is 14.8. The highest BCUT2D eigenvalue weighted by Crippen LogP contribution is 2.48. The first-order valence-electron chi connectivity index (χ1n) is 7.37. The fourth-order valence-electron chi connectivity index (χ4n) is 3.67. The van der Waals surface area contributed by atoms with Crippen molar-refractivity contribution in [3.05, 3.63) is 89.5 Å². The van der Waals surface area contributed by atoms with Crippen LogP contribution in [-0.2, 0) is 0 Å². The van der Waals surface area contributed by atoms with Crippen molar-refractivity contribution in [2.75, 3.05) is 0 Å². The smallest absolute Gasteiger partial charge is 0.194 e. The van der Waals surface area contributed by atoms with E-state index in [9.17, 15) is 4.79 Å². The lowest BCUT2D eigenvalue weighted by Crippen LogP contribution is -1.95. The van der Waals surface area contributed by atoms with Crippen LogP contribution in [-0.4, -0.2) is 5.78 Å². The topological polar surface area (TPSA) is 17.1 Å². The highest BCUT2D eigenvalue weighted by atomic mass is 16.1. The number of fused-ring (bicyclic) bond motifs is 6. The lowest BCUT2D eigenvalue weighted by Gasteiger charge is -2.05. The molecule has 0 saturated carbocycles. The average molecular weight is 280 g/mol. The molecule has 2 aliphatic carbocycles. The molecule has 0 aliphatic heterocycles. The van der Waals surface area contributed by atoms with Crippen LogP contribution in [0.2, 0.25) is 0 Å². The molecule has 0 fully saturated rings. The van der Waals surface area contributed by atoms with E-state index in [4.69, 9.17) is 0 Å². The fourth-order valence-corrected chi connectivity index (χ4v) is 3.67. The first-order chi connectivity index (χ1) is 10.8. The molecule has 22 heavy (non-hydrogen) atoms. The molecule has 5 rings (SSSR count). The minimum Gasteiger partial charge on any atom is -0.289 e. The van der Waals surface area contributed by atoms with E-state index in [0.29, 0.717) is 0 Å². The number of hydrogen-bond acceptors (Lipinski definition) is 1. The van der Waals surface area contributed by atoms with Crippen molar-refractivity contribution < 1.29 is 4.79 Å². The highest BCUT2D eigenvalue weighted by molar-refractivity contribution is 6.23. The normalized spacial score (nSPS) is 13.6. The van der Waals surface area contributed by atoms with Crippen LogP contribution in [0.5, 0.6) is 0 Å². The lowest BCUT2D eigenvalue weighted by molar-refractivity contribution is 0.104. The molecule has 0 radical (unpaired) electrons. The van der Waals surface area contributed by atoms with Gasteiger partial charge in [-0.3, -0.25) is 4.79 Å². The van der Waals surface area contributed by atoms with Crippen LogP contribution in [0.25, 0.3) is 27.8 Å². The third-order valence-electron chi connectivity index (χ3n) is 4.73. The second-order valence-electron chi connectivity index (χ2n) is 5.84. The van der Waals surface area contributed by atoms with Gasteiger partial charge in [0, 0.05) is 11.1 Å². The molecule has 0 saturated heterocycles. The second kappa shape index (κ2) is 3.83. The number of hydrogen-bond donors (Lipinski definition) is 0. The molecule has 0 aromatic heterocycles. The van der Waals surface area contributed by atoms with Crippen molar-refractivity contribution in [3.63, 3.8) is 0 Å². The minimum atomic E-state index is 0.122. The maximum Gasteiger partial charge on any atom is 0.194 e. The first-order valence-corrected chi connectivity index (χ1v) is 7.37. The van der Waals surface area contributed by atoms with Gasteiger partial charge in [0.2, 0.25) is 0 Å². The monoisotopic (exact) mass is 280 g/mol. The molecule has 0 heterocycles. The number of ketones is 1. The molecule has 2 aliphatic rings. The Morgan fingerprint density at radius 1 is 0.545 bits per heavy atom. The summed E-state index contributed by atoms with van der Waals surface area (Å²) < 4.78 is 0. The first kappa shape index (κ1) is 11.7. The summed E-state index contributed by atoms with van der Waals surface area (Å²) >= 11 is 0. The zero-order valence-electron chi connectivity index (χ0n) is 11.9. The Morgan fingerprint density at radius 2 is 1.05 bits per heavy atom. The Balaban J connectivity index is 1.87. The SMILES string of the molecule is C=C1c2ccccc2-c2cc3c(cc21)C(=O)c1ccccc1-3.